The van der Waals surface area contributed by atoms with Crippen molar-refractivity contribution in [2.24, 2.45) is 0 Å². The summed E-state index contributed by atoms with van der Waals surface area (Å²) in [5, 5.41) is 10.1. The molecule has 0 bridgehead atoms. The zero-order chi connectivity index (χ0) is 11.7. The molecule has 0 aliphatic heterocycles. The predicted molar refractivity (Wildman–Crippen MR) is 68.5 cm³/mol. The smallest absolute Gasteiger partial charge is 0.103 e. The largest absolute Gasteiger partial charge is 0.376 e. The first-order chi connectivity index (χ1) is 7.65. The molecule has 2 rings (SSSR count). The number of nitriles is 1. The summed E-state index contributed by atoms with van der Waals surface area (Å²) in [5.41, 5.74) is 2.38. The maximum absolute atomic E-state index is 9.07. The molecule has 0 amide bonds. The zero-order valence-electron chi connectivity index (χ0n) is 9.03. The highest BCUT2D eigenvalue weighted by molar-refractivity contribution is 9.10. The molecular weight excluding hydrogens is 266 g/mol. The zero-order valence-corrected chi connectivity index (χ0v) is 10.6. The molecule has 0 aliphatic carbocycles. The van der Waals surface area contributed by atoms with E-state index in [1.807, 2.05) is 37.2 Å². The van der Waals surface area contributed by atoms with Crippen molar-refractivity contribution >= 4 is 32.5 Å². The third-order valence-corrected chi connectivity index (χ3v) is 3.03. The van der Waals surface area contributed by atoms with Gasteiger partial charge in [-0.25, -0.2) is 0 Å². The molecule has 3 nitrogen and oxygen atoms in total. The van der Waals surface area contributed by atoms with Crippen LogP contribution in [0.25, 0.3) is 10.9 Å². The molecule has 0 spiro atoms. The van der Waals surface area contributed by atoms with Crippen molar-refractivity contribution in [1.82, 2.24) is 4.98 Å². The summed E-state index contributed by atoms with van der Waals surface area (Å²) in [6, 6.07) is 8.04. The van der Waals surface area contributed by atoms with Crippen LogP contribution in [0.15, 0.2) is 28.9 Å². The van der Waals surface area contributed by atoms with E-state index in [-0.39, 0.29) is 0 Å². The quantitative estimate of drug-likeness (QED) is 0.804. The molecule has 0 fully saturated rings. The monoisotopic (exact) mass is 275 g/mol. The van der Waals surface area contributed by atoms with E-state index in [4.69, 9.17) is 5.26 Å². The number of halogens is 1. The summed E-state index contributed by atoms with van der Waals surface area (Å²) in [5.74, 6) is 0. The van der Waals surface area contributed by atoms with E-state index in [0.717, 1.165) is 21.1 Å². The van der Waals surface area contributed by atoms with Crippen molar-refractivity contribution in [3.8, 4) is 6.07 Å². The third-order valence-electron chi connectivity index (χ3n) is 2.39. The second-order valence-corrected chi connectivity index (χ2v) is 4.52. The Morgan fingerprint density at radius 1 is 1.38 bits per heavy atom. The Hall–Kier alpha value is -1.60. The maximum atomic E-state index is 9.07. The first kappa shape index (κ1) is 10.9. The van der Waals surface area contributed by atoms with Gasteiger partial charge in [-0.05, 0) is 22.0 Å². The molecule has 0 radical (unpaired) electrons. The van der Waals surface area contributed by atoms with Crippen LogP contribution in [0, 0.1) is 11.3 Å². The Kier molecular flexibility index (Phi) is 2.80. The van der Waals surface area contributed by atoms with E-state index in [1.54, 1.807) is 6.20 Å². The van der Waals surface area contributed by atoms with Gasteiger partial charge in [0.25, 0.3) is 0 Å². The number of benzene rings is 1. The van der Waals surface area contributed by atoms with Crippen LogP contribution in [-0.4, -0.2) is 19.1 Å². The molecule has 1 heterocycles. The molecule has 4 heteroatoms. The van der Waals surface area contributed by atoms with Gasteiger partial charge in [-0.1, -0.05) is 12.1 Å². The lowest BCUT2D eigenvalue weighted by molar-refractivity contribution is 1.13. The molecule has 1 aromatic heterocycles. The third kappa shape index (κ3) is 1.63. The number of pyridine rings is 1. The number of rotatable bonds is 1. The summed E-state index contributed by atoms with van der Waals surface area (Å²) in [6.07, 6.45) is 1.61. The maximum Gasteiger partial charge on any atom is 0.103 e. The van der Waals surface area contributed by atoms with Crippen LogP contribution < -0.4 is 4.90 Å². The standard InChI is InChI=1S/C12H10BrN3/c1-16(2)12-8(6-14)7-15-11-9(12)4-3-5-10(11)13/h3-5,7H,1-2H3. The van der Waals surface area contributed by atoms with Crippen molar-refractivity contribution in [3.63, 3.8) is 0 Å². The lowest BCUT2D eigenvalue weighted by Crippen LogP contribution is -2.11. The van der Waals surface area contributed by atoms with Gasteiger partial charge >= 0.3 is 0 Å². The minimum absolute atomic E-state index is 0.593. The molecule has 2 aromatic rings. The van der Waals surface area contributed by atoms with Crippen LogP contribution in [0.5, 0.6) is 0 Å². The van der Waals surface area contributed by atoms with Crippen molar-refractivity contribution in [2.75, 3.05) is 19.0 Å². The minimum atomic E-state index is 0.593. The van der Waals surface area contributed by atoms with E-state index in [1.165, 1.54) is 0 Å². The van der Waals surface area contributed by atoms with Crippen LogP contribution in [0.2, 0.25) is 0 Å². The highest BCUT2D eigenvalue weighted by Crippen LogP contribution is 2.31. The van der Waals surface area contributed by atoms with Crippen LogP contribution in [0.3, 0.4) is 0 Å². The second kappa shape index (κ2) is 4.11. The van der Waals surface area contributed by atoms with E-state index in [9.17, 15) is 0 Å². The highest BCUT2D eigenvalue weighted by Gasteiger charge is 2.11. The molecule has 0 unspecified atom stereocenters. The molecule has 16 heavy (non-hydrogen) atoms. The number of nitrogens with zero attached hydrogens (tertiary/aromatic N) is 3. The molecule has 0 aliphatic rings. The summed E-state index contributed by atoms with van der Waals surface area (Å²) < 4.78 is 0.942. The average molecular weight is 276 g/mol. The molecule has 80 valence electrons. The van der Waals surface area contributed by atoms with Crippen molar-refractivity contribution in [3.05, 3.63) is 34.4 Å². The fraction of sp³-hybridized carbons (Fsp3) is 0.167. The fourth-order valence-electron chi connectivity index (χ4n) is 1.74. The normalized spacial score (nSPS) is 10.1. The number of para-hydroxylation sites is 1. The van der Waals surface area contributed by atoms with Gasteiger partial charge < -0.3 is 4.90 Å². The van der Waals surface area contributed by atoms with Crippen LogP contribution in [0.4, 0.5) is 5.69 Å². The summed E-state index contributed by atoms with van der Waals surface area (Å²) in [7, 11) is 3.85. The first-order valence-electron chi connectivity index (χ1n) is 4.80. The van der Waals surface area contributed by atoms with Gasteiger partial charge in [0, 0.05) is 30.2 Å². The molecule has 1 aromatic carbocycles. The van der Waals surface area contributed by atoms with Crippen molar-refractivity contribution in [1.29, 1.82) is 5.26 Å². The molecule has 0 saturated heterocycles. The van der Waals surface area contributed by atoms with Gasteiger partial charge in [0.05, 0.1) is 16.8 Å². The topological polar surface area (TPSA) is 39.9 Å². The van der Waals surface area contributed by atoms with Gasteiger partial charge in [0.1, 0.15) is 6.07 Å². The number of fused-ring (bicyclic) bond motifs is 1. The molecular formula is C12H10BrN3. The summed E-state index contributed by atoms with van der Waals surface area (Å²) in [6.45, 7) is 0. The Bertz CT molecular complexity index is 585. The summed E-state index contributed by atoms with van der Waals surface area (Å²) in [4.78, 5) is 6.24. The number of hydrogen-bond donors (Lipinski definition) is 0. The highest BCUT2D eigenvalue weighted by atomic mass is 79.9. The van der Waals surface area contributed by atoms with Crippen LogP contribution >= 0.6 is 15.9 Å². The van der Waals surface area contributed by atoms with E-state index < -0.39 is 0 Å². The minimum Gasteiger partial charge on any atom is -0.376 e. The number of anilines is 1. The first-order valence-corrected chi connectivity index (χ1v) is 5.59. The molecule has 0 N–H and O–H groups in total. The Morgan fingerprint density at radius 2 is 2.12 bits per heavy atom. The van der Waals surface area contributed by atoms with Gasteiger partial charge in [-0.15, -0.1) is 0 Å². The van der Waals surface area contributed by atoms with Gasteiger partial charge in [-0.3, -0.25) is 4.98 Å². The van der Waals surface area contributed by atoms with E-state index >= 15 is 0 Å². The Labute approximate surface area is 102 Å². The van der Waals surface area contributed by atoms with Gasteiger partial charge in [0.15, 0.2) is 0 Å². The SMILES string of the molecule is CN(C)c1c(C#N)cnc2c(Br)cccc12. The van der Waals surface area contributed by atoms with Gasteiger partial charge in [0.2, 0.25) is 0 Å². The molecule has 0 saturated carbocycles. The second-order valence-electron chi connectivity index (χ2n) is 3.66. The van der Waals surface area contributed by atoms with E-state index in [2.05, 4.69) is 27.0 Å². The van der Waals surface area contributed by atoms with Gasteiger partial charge in [-0.2, -0.15) is 5.26 Å². The average Bonchev–Trinajstić information content (AvgIpc) is 2.27. The molecule has 0 atom stereocenters. The lowest BCUT2D eigenvalue weighted by atomic mass is 10.1. The summed E-state index contributed by atoms with van der Waals surface area (Å²) >= 11 is 3.46. The van der Waals surface area contributed by atoms with Crippen LogP contribution in [-0.2, 0) is 0 Å². The van der Waals surface area contributed by atoms with E-state index in [0.29, 0.717) is 5.56 Å². The number of aromatic nitrogens is 1. The van der Waals surface area contributed by atoms with Crippen molar-refractivity contribution < 1.29 is 0 Å². The van der Waals surface area contributed by atoms with Crippen molar-refractivity contribution in [2.45, 2.75) is 0 Å². The number of hydrogen-bond acceptors (Lipinski definition) is 3. The van der Waals surface area contributed by atoms with Crippen LogP contribution in [0.1, 0.15) is 5.56 Å². The fourth-order valence-corrected chi connectivity index (χ4v) is 2.21. The lowest BCUT2D eigenvalue weighted by Gasteiger charge is -2.16. The Morgan fingerprint density at radius 3 is 2.75 bits per heavy atom. The predicted octanol–water partition coefficient (Wildman–Crippen LogP) is 2.93. The Balaban J connectivity index is 2.91.